The number of nitrogens with zero attached hydrogens (tertiary/aromatic N) is 1. The molecular weight excluding hydrogens is 218 g/mol. The number of nitrogens with one attached hydrogen (secondary N) is 2. The number of aliphatic imine (C=N–C) groups is 1. The van der Waals surface area contributed by atoms with E-state index in [0.717, 1.165) is 12.3 Å². The number of hydrogen-bond acceptors (Lipinski definition) is 3. The van der Waals surface area contributed by atoms with Crippen LogP contribution in [0.25, 0.3) is 0 Å². The average molecular weight is 235 g/mol. The molecule has 2 rings (SSSR count). The number of aromatic amines is 2. The van der Waals surface area contributed by atoms with Crippen molar-refractivity contribution in [1.29, 1.82) is 0 Å². The molecule has 0 spiro atoms. The van der Waals surface area contributed by atoms with E-state index in [2.05, 4.69) is 21.9 Å². The molecule has 0 aromatic carbocycles. The molecule has 1 fully saturated rings. The highest BCUT2D eigenvalue weighted by Gasteiger charge is 2.28. The Morgan fingerprint density at radius 3 is 2.65 bits per heavy atom. The standard InChI is InChI=1S/C12H17N3O2/c1-3-8(9-4-5-9)6-13-10-7(2)14-12(17)15-11(10)16/h6,8-9H,3-5H2,1-2H3,(H2,14,15,16,17). The van der Waals surface area contributed by atoms with Gasteiger partial charge in [-0.15, -0.1) is 0 Å². The molecule has 5 heteroatoms. The van der Waals surface area contributed by atoms with E-state index in [-0.39, 0.29) is 0 Å². The maximum Gasteiger partial charge on any atom is 0.326 e. The molecular formula is C12H17N3O2. The van der Waals surface area contributed by atoms with Gasteiger partial charge in [0.1, 0.15) is 5.69 Å². The number of rotatable bonds is 4. The molecule has 2 N–H and O–H groups in total. The number of hydrogen-bond donors (Lipinski definition) is 2. The Bertz CT molecular complexity index is 537. The van der Waals surface area contributed by atoms with Gasteiger partial charge in [0.15, 0.2) is 0 Å². The Labute approximate surface area is 99.0 Å². The quantitative estimate of drug-likeness (QED) is 0.776. The average Bonchev–Trinajstić information content (AvgIpc) is 3.06. The van der Waals surface area contributed by atoms with Crippen molar-refractivity contribution in [3.8, 4) is 0 Å². The Balaban J connectivity index is 2.26. The van der Waals surface area contributed by atoms with Gasteiger partial charge in [-0.05, 0) is 38.0 Å². The van der Waals surface area contributed by atoms with Gasteiger partial charge in [-0.3, -0.25) is 14.8 Å². The lowest BCUT2D eigenvalue weighted by Crippen LogP contribution is -2.23. The van der Waals surface area contributed by atoms with Gasteiger partial charge < -0.3 is 4.98 Å². The van der Waals surface area contributed by atoms with Crippen molar-refractivity contribution < 1.29 is 0 Å². The summed E-state index contributed by atoms with van der Waals surface area (Å²) in [5.41, 5.74) is -0.0850. The van der Waals surface area contributed by atoms with Crippen molar-refractivity contribution in [3.63, 3.8) is 0 Å². The molecule has 5 nitrogen and oxygen atoms in total. The molecule has 1 unspecified atom stereocenters. The van der Waals surface area contributed by atoms with Crippen LogP contribution < -0.4 is 11.2 Å². The molecule has 1 aliphatic carbocycles. The third kappa shape index (κ3) is 2.72. The van der Waals surface area contributed by atoms with Crippen molar-refractivity contribution in [2.45, 2.75) is 33.1 Å². The van der Waals surface area contributed by atoms with E-state index >= 15 is 0 Å². The Hall–Kier alpha value is -1.65. The summed E-state index contributed by atoms with van der Waals surface area (Å²) < 4.78 is 0. The highest BCUT2D eigenvalue weighted by molar-refractivity contribution is 5.66. The largest absolute Gasteiger partial charge is 0.326 e. The first-order chi connectivity index (χ1) is 8.11. The zero-order valence-corrected chi connectivity index (χ0v) is 10.1. The van der Waals surface area contributed by atoms with Crippen molar-refractivity contribution in [2.24, 2.45) is 16.8 Å². The predicted octanol–water partition coefficient (Wildman–Crippen LogP) is 1.51. The lowest BCUT2D eigenvalue weighted by molar-refractivity contribution is 0.596. The summed E-state index contributed by atoms with van der Waals surface area (Å²) in [6.45, 7) is 3.81. The first-order valence-corrected chi connectivity index (χ1v) is 5.99. The lowest BCUT2D eigenvalue weighted by atomic mass is 10.0. The summed E-state index contributed by atoms with van der Waals surface area (Å²) in [5, 5.41) is 0. The van der Waals surface area contributed by atoms with Crippen LogP contribution in [-0.4, -0.2) is 16.2 Å². The number of aromatic nitrogens is 2. The van der Waals surface area contributed by atoms with E-state index < -0.39 is 11.2 Å². The fourth-order valence-corrected chi connectivity index (χ4v) is 2.00. The van der Waals surface area contributed by atoms with E-state index in [0.29, 0.717) is 17.3 Å². The molecule has 0 bridgehead atoms. The molecule has 0 radical (unpaired) electrons. The maximum absolute atomic E-state index is 11.6. The third-order valence-corrected chi connectivity index (χ3v) is 3.19. The van der Waals surface area contributed by atoms with Gasteiger partial charge in [0.2, 0.25) is 0 Å². The van der Waals surface area contributed by atoms with Gasteiger partial charge in [-0.25, -0.2) is 4.79 Å². The van der Waals surface area contributed by atoms with Crippen molar-refractivity contribution >= 4 is 11.9 Å². The third-order valence-electron chi connectivity index (χ3n) is 3.19. The summed E-state index contributed by atoms with van der Waals surface area (Å²) in [6, 6.07) is 0. The van der Waals surface area contributed by atoms with Crippen LogP contribution in [0.5, 0.6) is 0 Å². The molecule has 1 aliphatic rings. The molecule has 0 amide bonds. The van der Waals surface area contributed by atoms with Crippen LogP contribution in [-0.2, 0) is 0 Å². The van der Waals surface area contributed by atoms with Crippen LogP contribution in [0.3, 0.4) is 0 Å². The van der Waals surface area contributed by atoms with E-state index in [9.17, 15) is 9.59 Å². The number of H-pyrrole nitrogens is 2. The molecule has 0 saturated heterocycles. The SMILES string of the molecule is CCC(C=Nc1c(C)[nH]c(=O)[nH]c1=O)C1CC1. The molecule has 0 aliphatic heterocycles. The van der Waals surface area contributed by atoms with E-state index in [1.165, 1.54) is 12.8 Å². The zero-order chi connectivity index (χ0) is 12.4. The zero-order valence-electron chi connectivity index (χ0n) is 10.1. The van der Waals surface area contributed by atoms with Gasteiger partial charge in [-0.1, -0.05) is 6.92 Å². The fraction of sp³-hybridized carbons (Fsp3) is 0.583. The van der Waals surface area contributed by atoms with Crippen molar-refractivity contribution in [2.75, 3.05) is 0 Å². The van der Waals surface area contributed by atoms with Gasteiger partial charge >= 0.3 is 5.69 Å². The van der Waals surface area contributed by atoms with Crippen LogP contribution >= 0.6 is 0 Å². The van der Waals surface area contributed by atoms with Crippen LogP contribution in [0.4, 0.5) is 5.69 Å². The molecule has 1 aromatic heterocycles. The topological polar surface area (TPSA) is 78.1 Å². The minimum absolute atomic E-state index is 0.309. The first kappa shape index (κ1) is 11.8. The Kier molecular flexibility index (Phi) is 3.26. The second kappa shape index (κ2) is 4.69. The van der Waals surface area contributed by atoms with Crippen LogP contribution in [0, 0.1) is 18.8 Å². The smallest absolute Gasteiger partial charge is 0.309 e. The second-order valence-corrected chi connectivity index (χ2v) is 4.57. The minimum Gasteiger partial charge on any atom is -0.309 e. The monoisotopic (exact) mass is 235 g/mol. The summed E-state index contributed by atoms with van der Waals surface area (Å²) in [4.78, 5) is 31.5. The lowest BCUT2D eigenvalue weighted by Gasteiger charge is -2.06. The van der Waals surface area contributed by atoms with Gasteiger partial charge in [0, 0.05) is 11.9 Å². The second-order valence-electron chi connectivity index (χ2n) is 4.57. The summed E-state index contributed by atoms with van der Waals surface area (Å²) >= 11 is 0. The van der Waals surface area contributed by atoms with Crippen LogP contribution in [0.1, 0.15) is 31.9 Å². The Morgan fingerprint density at radius 2 is 2.12 bits per heavy atom. The van der Waals surface area contributed by atoms with Crippen molar-refractivity contribution in [1.82, 2.24) is 9.97 Å². The predicted molar refractivity (Wildman–Crippen MR) is 67.1 cm³/mol. The summed E-state index contributed by atoms with van der Waals surface area (Å²) in [7, 11) is 0. The highest BCUT2D eigenvalue weighted by atomic mass is 16.2. The van der Waals surface area contributed by atoms with Gasteiger partial charge in [0.05, 0.1) is 0 Å². The molecule has 17 heavy (non-hydrogen) atoms. The van der Waals surface area contributed by atoms with E-state index in [4.69, 9.17) is 0 Å². The van der Waals surface area contributed by atoms with Gasteiger partial charge in [0.25, 0.3) is 5.56 Å². The van der Waals surface area contributed by atoms with E-state index in [1.807, 2.05) is 6.21 Å². The number of aryl methyl sites for hydroxylation is 1. The molecule has 1 heterocycles. The first-order valence-electron chi connectivity index (χ1n) is 5.99. The highest BCUT2D eigenvalue weighted by Crippen LogP contribution is 2.37. The maximum atomic E-state index is 11.6. The fourth-order valence-electron chi connectivity index (χ4n) is 2.00. The van der Waals surface area contributed by atoms with Gasteiger partial charge in [-0.2, -0.15) is 0 Å². The minimum atomic E-state index is -0.485. The normalized spacial score (nSPS) is 17.5. The molecule has 92 valence electrons. The Morgan fingerprint density at radius 1 is 1.41 bits per heavy atom. The van der Waals surface area contributed by atoms with E-state index in [1.54, 1.807) is 6.92 Å². The molecule has 1 aromatic rings. The summed E-state index contributed by atoms with van der Waals surface area (Å²) in [6.07, 6.45) is 5.40. The molecule has 1 saturated carbocycles. The molecule has 1 atom stereocenters. The summed E-state index contributed by atoms with van der Waals surface area (Å²) in [5.74, 6) is 1.17. The van der Waals surface area contributed by atoms with Crippen LogP contribution in [0.15, 0.2) is 14.6 Å². The van der Waals surface area contributed by atoms with Crippen molar-refractivity contribution in [3.05, 3.63) is 26.5 Å². The van der Waals surface area contributed by atoms with Crippen LogP contribution in [0.2, 0.25) is 0 Å².